The first-order chi connectivity index (χ1) is 7.50. The third kappa shape index (κ3) is 1.62. The van der Waals surface area contributed by atoms with Gasteiger partial charge in [-0.05, 0) is 17.7 Å². The third-order valence-corrected chi connectivity index (χ3v) is 1.94. The lowest BCUT2D eigenvalue weighted by molar-refractivity contribution is -0.131. The first-order valence-corrected chi connectivity index (χ1v) is 4.18. The lowest BCUT2D eigenvalue weighted by Gasteiger charge is -2.00. The first kappa shape index (κ1) is 6.65. The van der Waals surface area contributed by atoms with Gasteiger partial charge in [0, 0.05) is 20.8 Å². The Morgan fingerprint density at radius 2 is 2.50 bits per heavy atom. The molecule has 1 heterocycles. The van der Waals surface area contributed by atoms with Crippen molar-refractivity contribution in [1.82, 2.24) is 0 Å². The normalized spacial score (nSPS) is 19.7. The fourth-order valence-electron chi connectivity index (χ4n) is 1.34. The minimum absolute atomic E-state index is 0.0275. The summed E-state index contributed by atoms with van der Waals surface area (Å²) in [6.07, 6.45) is 0.812. The topological polar surface area (TPSA) is 46.5 Å². The van der Waals surface area contributed by atoms with Crippen LogP contribution in [0.25, 0.3) is 6.08 Å². The second-order valence-electron chi connectivity index (χ2n) is 2.86. The minimum atomic E-state index is -1.56. The number of fused-ring (bicyclic) bond motifs is 1. The van der Waals surface area contributed by atoms with Gasteiger partial charge in [-0.1, -0.05) is 12.1 Å². The zero-order valence-electron chi connectivity index (χ0n) is 9.36. The summed E-state index contributed by atoms with van der Waals surface area (Å²) in [5.74, 6) is -0.574. The quantitative estimate of drug-likeness (QED) is 0.726. The molecule has 0 spiro atoms. The van der Waals surface area contributed by atoms with Crippen molar-refractivity contribution in [2.75, 3.05) is 6.61 Å². The molecule has 0 atom stereocenters. The van der Waals surface area contributed by atoms with Gasteiger partial charge in [-0.2, -0.15) is 0 Å². The fourth-order valence-corrected chi connectivity index (χ4v) is 1.34. The molecule has 1 aliphatic rings. The van der Waals surface area contributed by atoms with Crippen molar-refractivity contribution in [2.45, 2.75) is 6.37 Å². The van der Waals surface area contributed by atoms with Gasteiger partial charge < -0.3 is 9.84 Å². The van der Waals surface area contributed by atoms with Gasteiger partial charge in [0.15, 0.2) is 0 Å². The Bertz CT molecular complexity index is 466. The lowest BCUT2D eigenvalue weighted by Crippen LogP contribution is -1.88. The maximum absolute atomic E-state index is 10.4. The van der Waals surface area contributed by atoms with Crippen LogP contribution in [0.4, 0.5) is 0 Å². The van der Waals surface area contributed by atoms with Crippen LogP contribution in [0.1, 0.15) is 13.9 Å². The Balaban J connectivity index is 2.49. The highest BCUT2D eigenvalue weighted by Crippen LogP contribution is 2.28. The predicted octanol–water partition coefficient (Wildman–Crippen LogP) is 1.72. The maximum Gasteiger partial charge on any atom is 0.328 e. The van der Waals surface area contributed by atoms with E-state index < -0.39 is 12.3 Å². The summed E-state index contributed by atoms with van der Waals surface area (Å²) >= 11 is 0. The van der Waals surface area contributed by atoms with E-state index in [1.807, 2.05) is 0 Å². The average molecular weight is 192 g/mol. The van der Waals surface area contributed by atoms with Crippen LogP contribution in [0.3, 0.4) is 0 Å². The van der Waals surface area contributed by atoms with Gasteiger partial charge in [0.25, 0.3) is 0 Å². The summed E-state index contributed by atoms with van der Waals surface area (Å²) in [7, 11) is 0. The Kier molecular flexibility index (Phi) is 1.68. The molecule has 0 bridgehead atoms. The van der Waals surface area contributed by atoms with Crippen LogP contribution in [-0.4, -0.2) is 17.7 Å². The molecule has 14 heavy (non-hydrogen) atoms. The van der Waals surface area contributed by atoms with E-state index in [-0.39, 0.29) is 6.61 Å². The summed E-state index contributed by atoms with van der Waals surface area (Å²) in [5, 5.41) is 8.54. The molecule has 2 rings (SSSR count). The molecule has 0 aromatic heterocycles. The smallest absolute Gasteiger partial charge is 0.328 e. The molecule has 0 saturated carbocycles. The summed E-state index contributed by atoms with van der Waals surface area (Å²) in [4.78, 5) is 10.4. The van der Waals surface area contributed by atoms with Crippen LogP contribution in [-0.2, 0) is 11.2 Å². The van der Waals surface area contributed by atoms with Gasteiger partial charge in [-0.3, -0.25) is 0 Å². The van der Waals surface area contributed by atoms with Crippen molar-refractivity contribution < 1.29 is 17.4 Å². The van der Waals surface area contributed by atoms with Crippen molar-refractivity contribution in [1.29, 1.82) is 0 Å². The molecular weight excluding hydrogens is 180 g/mol. The molecule has 1 aromatic rings. The SMILES string of the molecule is [2H]C1([2H])COc2cccc(/C=C/C(=O)O)c21. The van der Waals surface area contributed by atoms with Crippen LogP contribution >= 0.6 is 0 Å². The van der Waals surface area contributed by atoms with Gasteiger partial charge in [-0.15, -0.1) is 0 Å². The van der Waals surface area contributed by atoms with Crippen molar-refractivity contribution in [3.8, 4) is 5.75 Å². The number of aliphatic carboxylic acids is 1. The molecule has 0 saturated heterocycles. The molecule has 0 aliphatic carbocycles. The molecule has 1 N–H and O–H groups in total. The van der Waals surface area contributed by atoms with E-state index in [4.69, 9.17) is 12.6 Å². The van der Waals surface area contributed by atoms with E-state index in [1.54, 1.807) is 18.2 Å². The summed E-state index contributed by atoms with van der Waals surface area (Å²) in [6, 6.07) is 5.06. The Morgan fingerprint density at radius 3 is 3.29 bits per heavy atom. The molecular formula is C11H10O3. The monoisotopic (exact) mass is 192 g/mol. The summed E-state index contributed by atoms with van der Waals surface area (Å²) in [5.41, 5.74) is 0.968. The second-order valence-corrected chi connectivity index (χ2v) is 2.86. The van der Waals surface area contributed by atoms with Crippen molar-refractivity contribution in [2.24, 2.45) is 0 Å². The van der Waals surface area contributed by atoms with Crippen LogP contribution in [0.2, 0.25) is 0 Å². The van der Waals surface area contributed by atoms with Crippen LogP contribution in [0.15, 0.2) is 24.3 Å². The van der Waals surface area contributed by atoms with Gasteiger partial charge in [0.05, 0.1) is 6.61 Å². The van der Waals surface area contributed by atoms with E-state index in [0.717, 1.165) is 6.08 Å². The predicted molar refractivity (Wildman–Crippen MR) is 52.3 cm³/mol. The Hall–Kier alpha value is -1.77. The van der Waals surface area contributed by atoms with E-state index in [9.17, 15) is 4.79 Å². The number of ether oxygens (including phenoxy) is 1. The van der Waals surface area contributed by atoms with E-state index in [2.05, 4.69) is 0 Å². The van der Waals surface area contributed by atoms with Crippen molar-refractivity contribution in [3.63, 3.8) is 0 Å². The lowest BCUT2D eigenvalue weighted by atomic mass is 10.0. The average Bonchev–Trinajstić information content (AvgIpc) is 2.53. The number of hydrogen-bond donors (Lipinski definition) is 1. The Morgan fingerprint density at radius 1 is 1.64 bits per heavy atom. The van der Waals surface area contributed by atoms with Gasteiger partial charge in [0.1, 0.15) is 5.75 Å². The zero-order valence-corrected chi connectivity index (χ0v) is 7.36. The highest BCUT2D eigenvalue weighted by atomic mass is 16.5. The molecule has 3 nitrogen and oxygen atoms in total. The van der Waals surface area contributed by atoms with Crippen LogP contribution in [0, 0.1) is 0 Å². The molecule has 0 amide bonds. The van der Waals surface area contributed by atoms with E-state index in [1.165, 1.54) is 6.08 Å². The molecule has 1 aromatic carbocycles. The number of carbonyl (C=O) groups is 1. The highest BCUT2D eigenvalue weighted by molar-refractivity contribution is 5.85. The fraction of sp³-hybridized carbons (Fsp3) is 0.182. The largest absolute Gasteiger partial charge is 0.493 e. The number of hydrogen-bond acceptors (Lipinski definition) is 2. The molecule has 1 aliphatic heterocycles. The van der Waals surface area contributed by atoms with Crippen LogP contribution in [0.5, 0.6) is 5.75 Å². The molecule has 0 unspecified atom stereocenters. The van der Waals surface area contributed by atoms with Crippen LogP contribution < -0.4 is 4.74 Å². The molecule has 3 heteroatoms. The number of benzene rings is 1. The number of carboxylic acid groups (broad SMARTS) is 1. The minimum Gasteiger partial charge on any atom is -0.493 e. The summed E-state index contributed by atoms with van der Waals surface area (Å²) < 4.78 is 20.7. The van der Waals surface area contributed by atoms with Gasteiger partial charge in [0.2, 0.25) is 0 Å². The van der Waals surface area contributed by atoms with Crippen molar-refractivity contribution >= 4 is 12.0 Å². The van der Waals surface area contributed by atoms with Gasteiger partial charge >= 0.3 is 5.97 Å². The van der Waals surface area contributed by atoms with Gasteiger partial charge in [-0.25, -0.2) is 4.79 Å². The van der Waals surface area contributed by atoms with Crippen molar-refractivity contribution in [3.05, 3.63) is 35.4 Å². The molecule has 0 radical (unpaired) electrons. The Labute approximate surface area is 84.4 Å². The zero-order chi connectivity index (χ0) is 11.8. The number of rotatable bonds is 2. The first-order valence-electron chi connectivity index (χ1n) is 5.18. The summed E-state index contributed by atoms with van der Waals surface area (Å²) in [6.45, 7) is -0.0275. The number of carboxylic acids is 1. The molecule has 0 fully saturated rings. The highest BCUT2D eigenvalue weighted by Gasteiger charge is 2.13. The molecule has 72 valence electrons. The van der Waals surface area contributed by atoms with E-state index >= 15 is 0 Å². The maximum atomic E-state index is 10.4. The standard InChI is InChI=1S/C11H10O3/c12-11(13)5-4-8-2-1-3-10-9(8)6-7-14-10/h1-5H,6-7H2,(H,12,13)/b5-4+/i6D2. The third-order valence-electron chi connectivity index (χ3n) is 1.94. The van der Waals surface area contributed by atoms with E-state index in [0.29, 0.717) is 16.9 Å². The second kappa shape index (κ2) is 3.54.